The molecule has 18 heavy (non-hydrogen) atoms. The summed E-state index contributed by atoms with van der Waals surface area (Å²) in [7, 11) is 0. The van der Waals surface area contributed by atoms with E-state index in [1.165, 1.54) is 14.7 Å². The second-order valence-electron chi connectivity index (χ2n) is 4.38. The summed E-state index contributed by atoms with van der Waals surface area (Å²) >= 11 is 2.29. The number of benzene rings is 1. The highest BCUT2D eigenvalue weighted by molar-refractivity contribution is 14.1. The van der Waals surface area contributed by atoms with Crippen LogP contribution in [0.4, 0.5) is 0 Å². The number of aryl methyl sites for hydroxylation is 1. The molecule has 0 amide bonds. The van der Waals surface area contributed by atoms with Crippen molar-refractivity contribution in [1.82, 2.24) is 4.98 Å². The Bertz CT molecular complexity index is 470. The van der Waals surface area contributed by atoms with E-state index in [-0.39, 0.29) is 6.10 Å². The average molecular weight is 353 g/mol. The summed E-state index contributed by atoms with van der Waals surface area (Å²) < 4.78 is 1.22. The lowest BCUT2D eigenvalue weighted by Crippen LogP contribution is -2.11. The first-order valence-corrected chi connectivity index (χ1v) is 7.13. The van der Waals surface area contributed by atoms with Gasteiger partial charge in [0.25, 0.3) is 0 Å². The van der Waals surface area contributed by atoms with E-state index in [1.807, 2.05) is 12.1 Å². The van der Waals surface area contributed by atoms with Crippen molar-refractivity contribution in [2.24, 2.45) is 0 Å². The molecule has 0 saturated heterocycles. The molecule has 94 valence electrons. The number of pyridine rings is 1. The van der Waals surface area contributed by atoms with E-state index in [2.05, 4.69) is 51.8 Å². The van der Waals surface area contributed by atoms with Crippen molar-refractivity contribution in [3.05, 3.63) is 63.5 Å². The van der Waals surface area contributed by atoms with Crippen molar-refractivity contribution in [2.45, 2.75) is 25.4 Å². The van der Waals surface area contributed by atoms with Gasteiger partial charge in [0, 0.05) is 16.0 Å². The molecule has 2 rings (SSSR count). The van der Waals surface area contributed by atoms with Crippen molar-refractivity contribution < 1.29 is 5.11 Å². The van der Waals surface area contributed by atoms with Crippen LogP contribution in [0.1, 0.15) is 17.5 Å². The molecule has 0 aliphatic rings. The molecular weight excluding hydrogens is 337 g/mol. The summed E-state index contributed by atoms with van der Waals surface area (Å²) in [6.45, 7) is 0. The summed E-state index contributed by atoms with van der Waals surface area (Å²) in [5, 5.41) is 10.0. The monoisotopic (exact) mass is 353 g/mol. The third-order valence-corrected chi connectivity index (χ3v) is 3.62. The van der Waals surface area contributed by atoms with E-state index < -0.39 is 0 Å². The smallest absolute Gasteiger partial charge is 0.0583 e. The molecule has 1 heterocycles. The Labute approximate surface area is 121 Å². The van der Waals surface area contributed by atoms with Gasteiger partial charge in [-0.2, -0.15) is 0 Å². The van der Waals surface area contributed by atoms with Gasteiger partial charge in [0.1, 0.15) is 0 Å². The van der Waals surface area contributed by atoms with Gasteiger partial charge in [-0.3, -0.25) is 4.98 Å². The molecule has 1 N–H and O–H groups in total. The molecule has 2 aromatic rings. The Kier molecular flexibility index (Phi) is 5.13. The van der Waals surface area contributed by atoms with Gasteiger partial charge in [-0.15, -0.1) is 0 Å². The number of aliphatic hydroxyl groups excluding tert-OH is 1. The standard InChI is InChI=1S/C15H16INO/c16-14-4-1-13(2-5-14)11-15(18)6-3-12-7-9-17-10-8-12/h1-2,4-5,7-10,15,18H,3,6,11H2. The van der Waals surface area contributed by atoms with Crippen LogP contribution >= 0.6 is 22.6 Å². The maximum Gasteiger partial charge on any atom is 0.0583 e. The fourth-order valence-corrected chi connectivity index (χ4v) is 2.24. The van der Waals surface area contributed by atoms with Gasteiger partial charge in [0.2, 0.25) is 0 Å². The summed E-state index contributed by atoms with van der Waals surface area (Å²) in [5.41, 5.74) is 2.42. The van der Waals surface area contributed by atoms with Crippen LogP contribution in [0, 0.1) is 3.57 Å². The van der Waals surface area contributed by atoms with E-state index in [4.69, 9.17) is 0 Å². The van der Waals surface area contributed by atoms with Crippen LogP contribution in [-0.4, -0.2) is 16.2 Å². The lowest BCUT2D eigenvalue weighted by Gasteiger charge is -2.10. The number of hydrogen-bond donors (Lipinski definition) is 1. The molecule has 0 fully saturated rings. The number of hydrogen-bond acceptors (Lipinski definition) is 2. The van der Waals surface area contributed by atoms with E-state index in [0.717, 1.165) is 19.3 Å². The number of aromatic nitrogens is 1. The minimum atomic E-state index is -0.279. The number of halogens is 1. The molecule has 1 atom stereocenters. The first-order chi connectivity index (χ1) is 8.74. The lowest BCUT2D eigenvalue weighted by molar-refractivity contribution is 0.165. The Hall–Kier alpha value is -0.940. The average Bonchev–Trinajstić information content (AvgIpc) is 2.40. The van der Waals surface area contributed by atoms with Crippen LogP contribution in [0.15, 0.2) is 48.8 Å². The number of nitrogens with zero attached hydrogens (tertiary/aromatic N) is 1. The molecule has 0 radical (unpaired) electrons. The number of aliphatic hydroxyl groups is 1. The highest BCUT2D eigenvalue weighted by Crippen LogP contribution is 2.11. The predicted molar refractivity (Wildman–Crippen MR) is 81.4 cm³/mol. The largest absolute Gasteiger partial charge is 0.393 e. The van der Waals surface area contributed by atoms with Crippen LogP contribution in [0.5, 0.6) is 0 Å². The molecular formula is C15H16INO. The predicted octanol–water partition coefficient (Wildman–Crippen LogP) is 3.22. The van der Waals surface area contributed by atoms with E-state index in [9.17, 15) is 5.11 Å². The van der Waals surface area contributed by atoms with Gasteiger partial charge in [0.05, 0.1) is 6.10 Å². The molecule has 3 heteroatoms. The Balaban J connectivity index is 1.82. The maximum atomic E-state index is 10.0. The Morgan fingerprint density at radius 3 is 2.33 bits per heavy atom. The topological polar surface area (TPSA) is 33.1 Å². The third kappa shape index (κ3) is 4.38. The van der Waals surface area contributed by atoms with Crippen LogP contribution in [0.25, 0.3) is 0 Å². The second-order valence-corrected chi connectivity index (χ2v) is 5.62. The van der Waals surface area contributed by atoms with E-state index in [0.29, 0.717) is 0 Å². The molecule has 1 aromatic carbocycles. The fourth-order valence-electron chi connectivity index (χ4n) is 1.88. The molecule has 0 aliphatic carbocycles. The van der Waals surface area contributed by atoms with Crippen molar-refractivity contribution in [2.75, 3.05) is 0 Å². The van der Waals surface area contributed by atoms with Crippen molar-refractivity contribution >= 4 is 22.6 Å². The summed E-state index contributed by atoms with van der Waals surface area (Å²) in [4.78, 5) is 3.99. The zero-order valence-corrected chi connectivity index (χ0v) is 12.2. The summed E-state index contributed by atoms with van der Waals surface area (Å²) in [6, 6.07) is 12.3. The quantitative estimate of drug-likeness (QED) is 0.838. The molecule has 1 unspecified atom stereocenters. The van der Waals surface area contributed by atoms with E-state index >= 15 is 0 Å². The highest BCUT2D eigenvalue weighted by atomic mass is 127. The molecule has 0 spiro atoms. The van der Waals surface area contributed by atoms with Crippen LogP contribution < -0.4 is 0 Å². The number of rotatable bonds is 5. The SMILES string of the molecule is OC(CCc1ccncc1)Cc1ccc(I)cc1. The molecule has 2 nitrogen and oxygen atoms in total. The molecule has 0 aliphatic heterocycles. The molecule has 0 saturated carbocycles. The highest BCUT2D eigenvalue weighted by Gasteiger charge is 2.06. The van der Waals surface area contributed by atoms with Gasteiger partial charge >= 0.3 is 0 Å². The minimum absolute atomic E-state index is 0.279. The fraction of sp³-hybridized carbons (Fsp3) is 0.267. The van der Waals surface area contributed by atoms with Crippen LogP contribution in [0.3, 0.4) is 0 Å². The van der Waals surface area contributed by atoms with Crippen molar-refractivity contribution in [3.8, 4) is 0 Å². The first kappa shape index (κ1) is 13.5. The molecule has 0 bridgehead atoms. The molecule has 1 aromatic heterocycles. The summed E-state index contributed by atoms with van der Waals surface area (Å²) in [6.07, 6.45) is 5.71. The van der Waals surface area contributed by atoms with E-state index in [1.54, 1.807) is 12.4 Å². The Morgan fingerprint density at radius 2 is 1.67 bits per heavy atom. The first-order valence-electron chi connectivity index (χ1n) is 6.05. The normalized spacial score (nSPS) is 12.3. The van der Waals surface area contributed by atoms with Gasteiger partial charge in [-0.25, -0.2) is 0 Å². The van der Waals surface area contributed by atoms with Crippen molar-refractivity contribution in [3.63, 3.8) is 0 Å². The van der Waals surface area contributed by atoms with Gasteiger partial charge in [-0.1, -0.05) is 12.1 Å². The minimum Gasteiger partial charge on any atom is -0.393 e. The van der Waals surface area contributed by atoms with Crippen LogP contribution in [-0.2, 0) is 12.8 Å². The lowest BCUT2D eigenvalue weighted by atomic mass is 10.0. The second kappa shape index (κ2) is 6.85. The zero-order valence-electron chi connectivity index (χ0n) is 10.1. The maximum absolute atomic E-state index is 10.0. The van der Waals surface area contributed by atoms with Gasteiger partial charge < -0.3 is 5.11 Å². The summed E-state index contributed by atoms with van der Waals surface area (Å²) in [5.74, 6) is 0. The van der Waals surface area contributed by atoms with Gasteiger partial charge in [-0.05, 0) is 77.2 Å². The Morgan fingerprint density at radius 1 is 1.00 bits per heavy atom. The zero-order chi connectivity index (χ0) is 12.8. The third-order valence-electron chi connectivity index (χ3n) is 2.90. The van der Waals surface area contributed by atoms with Crippen LogP contribution in [0.2, 0.25) is 0 Å². The van der Waals surface area contributed by atoms with Gasteiger partial charge in [0.15, 0.2) is 0 Å². The van der Waals surface area contributed by atoms with Crippen molar-refractivity contribution in [1.29, 1.82) is 0 Å².